The number of sulfonamides is 1. The van der Waals surface area contributed by atoms with Crippen molar-refractivity contribution in [3.63, 3.8) is 0 Å². The molecule has 1 saturated carbocycles. The molecule has 4 rings (SSSR count). The quantitative estimate of drug-likeness (QED) is 0.308. The molecule has 13 heteroatoms. The van der Waals surface area contributed by atoms with E-state index >= 15 is 0 Å². The molecule has 0 bridgehead atoms. The van der Waals surface area contributed by atoms with Crippen LogP contribution in [0.25, 0.3) is 0 Å². The molecule has 1 amide bonds. The molecule has 1 aromatic rings. The summed E-state index contributed by atoms with van der Waals surface area (Å²) in [5.41, 5.74) is -0.139. The monoisotopic (exact) mass is 555 g/mol. The molecular weight excluding hydrogens is 526 g/mol. The molecule has 3 aliphatic rings. The number of nitrogens with one attached hydrogen (secondary N) is 1. The summed E-state index contributed by atoms with van der Waals surface area (Å²) in [6, 6.07) is 2.49. The highest BCUT2D eigenvalue weighted by molar-refractivity contribution is 7.89. The maximum atomic E-state index is 14.7. The first-order valence-electron chi connectivity index (χ1n) is 12.0. The zero-order chi connectivity index (χ0) is 26.3. The van der Waals surface area contributed by atoms with E-state index in [0.717, 1.165) is 25.2 Å². The number of amides is 1. The van der Waals surface area contributed by atoms with Gasteiger partial charge in [-0.1, -0.05) is 0 Å². The van der Waals surface area contributed by atoms with Gasteiger partial charge in [-0.15, -0.1) is 11.6 Å². The standard InChI is InChI=1S/C23H30ClF4N3O4S/c1-36(33,34)29-22(32)18-10-17(15-2-3-15)20(11-19(18)25)35-13-14-6-8-30(9-7-14)31-12-16(23(26,27)28)4-5-21(31)24/h10-11,14-16,21H,2-9,12-13H2,1H3,(H,29,32). The number of hydrazine groups is 1. The van der Waals surface area contributed by atoms with Gasteiger partial charge in [0.1, 0.15) is 11.6 Å². The number of hydrogen-bond acceptors (Lipinski definition) is 6. The van der Waals surface area contributed by atoms with Crippen LogP contribution in [0.3, 0.4) is 0 Å². The largest absolute Gasteiger partial charge is 0.493 e. The fraction of sp³-hybridized carbons (Fsp3) is 0.696. The Labute approximate surface area is 213 Å². The average Bonchev–Trinajstić information content (AvgIpc) is 3.62. The van der Waals surface area contributed by atoms with E-state index in [1.54, 1.807) is 9.73 Å². The van der Waals surface area contributed by atoms with Gasteiger partial charge in [0.2, 0.25) is 10.0 Å². The zero-order valence-electron chi connectivity index (χ0n) is 19.9. The molecule has 2 aliphatic heterocycles. The molecule has 0 radical (unpaired) electrons. The zero-order valence-corrected chi connectivity index (χ0v) is 21.4. The lowest BCUT2D eigenvalue weighted by Gasteiger charge is -2.46. The minimum atomic E-state index is -4.24. The summed E-state index contributed by atoms with van der Waals surface area (Å²) in [5.74, 6) is -2.71. The van der Waals surface area contributed by atoms with E-state index in [4.69, 9.17) is 16.3 Å². The van der Waals surface area contributed by atoms with Crippen LogP contribution in [0.15, 0.2) is 12.1 Å². The second-order valence-corrected chi connectivity index (χ2v) is 12.2. The second kappa shape index (κ2) is 10.6. The number of carbonyl (C=O) groups is 1. The van der Waals surface area contributed by atoms with Crippen LogP contribution in [0, 0.1) is 17.7 Å². The van der Waals surface area contributed by atoms with Crippen molar-refractivity contribution >= 4 is 27.5 Å². The second-order valence-electron chi connectivity index (χ2n) is 9.93. The maximum absolute atomic E-state index is 14.7. The first-order chi connectivity index (χ1) is 16.8. The molecular formula is C23H30ClF4N3O4S. The number of nitrogens with zero attached hydrogens (tertiary/aromatic N) is 2. The van der Waals surface area contributed by atoms with Gasteiger partial charge in [-0.2, -0.15) is 13.2 Å². The summed E-state index contributed by atoms with van der Waals surface area (Å²) < 4.78 is 84.8. The number of benzene rings is 1. The van der Waals surface area contributed by atoms with Crippen LogP contribution < -0.4 is 9.46 Å². The molecule has 202 valence electrons. The summed E-state index contributed by atoms with van der Waals surface area (Å²) in [6.45, 7) is 1.27. The van der Waals surface area contributed by atoms with Gasteiger partial charge < -0.3 is 4.74 Å². The van der Waals surface area contributed by atoms with E-state index in [1.165, 1.54) is 6.07 Å². The Hall–Kier alpha value is -1.63. The Bertz CT molecular complexity index is 1080. The number of hydrogen-bond donors (Lipinski definition) is 1. The number of rotatable bonds is 7. The minimum Gasteiger partial charge on any atom is -0.493 e. The molecule has 2 saturated heterocycles. The highest BCUT2D eigenvalue weighted by atomic mass is 35.5. The summed E-state index contributed by atoms with van der Waals surface area (Å²) in [5, 5.41) is 3.54. The molecule has 7 nitrogen and oxygen atoms in total. The molecule has 36 heavy (non-hydrogen) atoms. The fourth-order valence-electron chi connectivity index (χ4n) is 4.84. The van der Waals surface area contributed by atoms with Crippen LogP contribution in [0.2, 0.25) is 0 Å². The summed E-state index contributed by atoms with van der Waals surface area (Å²) in [6.07, 6.45) is -0.00331. The maximum Gasteiger partial charge on any atom is 0.393 e. The third kappa shape index (κ3) is 6.81. The Morgan fingerprint density at radius 3 is 2.39 bits per heavy atom. The lowest BCUT2D eigenvalue weighted by atomic mass is 9.96. The highest BCUT2D eigenvalue weighted by Gasteiger charge is 2.45. The van der Waals surface area contributed by atoms with E-state index < -0.39 is 39.3 Å². The van der Waals surface area contributed by atoms with Crippen molar-refractivity contribution in [1.82, 2.24) is 14.7 Å². The molecule has 0 aromatic heterocycles. The molecule has 2 heterocycles. The van der Waals surface area contributed by atoms with E-state index in [9.17, 15) is 30.8 Å². The number of piperidine rings is 2. The first kappa shape index (κ1) is 27.4. The Morgan fingerprint density at radius 1 is 1.14 bits per heavy atom. The van der Waals surface area contributed by atoms with E-state index in [2.05, 4.69) is 0 Å². The van der Waals surface area contributed by atoms with Crippen LogP contribution in [-0.4, -0.2) is 68.5 Å². The van der Waals surface area contributed by atoms with E-state index in [0.29, 0.717) is 43.9 Å². The van der Waals surface area contributed by atoms with Gasteiger partial charge in [-0.3, -0.25) is 4.79 Å². The first-order valence-corrected chi connectivity index (χ1v) is 14.3. The Morgan fingerprint density at radius 2 is 1.81 bits per heavy atom. The van der Waals surface area contributed by atoms with Crippen molar-refractivity contribution in [1.29, 1.82) is 0 Å². The molecule has 0 spiro atoms. The van der Waals surface area contributed by atoms with Crippen molar-refractivity contribution in [2.75, 3.05) is 32.5 Å². The number of ether oxygens (including phenoxy) is 1. The van der Waals surface area contributed by atoms with Gasteiger partial charge in [0.15, 0.2) is 0 Å². The SMILES string of the molecule is CS(=O)(=O)NC(=O)c1cc(C2CC2)c(OCC2CCN(N3CC(C(F)(F)F)CCC3Cl)CC2)cc1F. The topological polar surface area (TPSA) is 78.9 Å². The molecule has 3 fully saturated rings. The van der Waals surface area contributed by atoms with Crippen LogP contribution in [0.4, 0.5) is 17.6 Å². The van der Waals surface area contributed by atoms with Gasteiger partial charge in [-0.05, 0) is 62.0 Å². The predicted molar refractivity (Wildman–Crippen MR) is 126 cm³/mol. The van der Waals surface area contributed by atoms with Crippen molar-refractivity contribution in [3.8, 4) is 5.75 Å². The van der Waals surface area contributed by atoms with Crippen molar-refractivity contribution in [2.45, 2.75) is 56.1 Å². The normalized spacial score (nSPS) is 25.1. The molecule has 1 aliphatic carbocycles. The van der Waals surface area contributed by atoms with Crippen LogP contribution in [-0.2, 0) is 10.0 Å². The van der Waals surface area contributed by atoms with E-state index in [-0.39, 0.29) is 36.8 Å². The van der Waals surface area contributed by atoms with E-state index in [1.807, 2.05) is 5.01 Å². The smallest absolute Gasteiger partial charge is 0.393 e. The minimum absolute atomic E-state index is 0.0348. The van der Waals surface area contributed by atoms with Crippen molar-refractivity contribution in [2.24, 2.45) is 11.8 Å². The highest BCUT2D eigenvalue weighted by Crippen LogP contribution is 2.45. The van der Waals surface area contributed by atoms with Crippen LogP contribution in [0.1, 0.15) is 60.4 Å². The lowest BCUT2D eigenvalue weighted by molar-refractivity contribution is -0.207. The number of carbonyl (C=O) groups excluding carboxylic acids is 1. The molecule has 1 N–H and O–H groups in total. The van der Waals surface area contributed by atoms with Crippen LogP contribution >= 0.6 is 11.6 Å². The van der Waals surface area contributed by atoms with Gasteiger partial charge in [-0.25, -0.2) is 27.5 Å². The van der Waals surface area contributed by atoms with Gasteiger partial charge in [0.05, 0.1) is 29.8 Å². The summed E-state index contributed by atoms with van der Waals surface area (Å²) in [7, 11) is -3.84. The van der Waals surface area contributed by atoms with Gasteiger partial charge >= 0.3 is 6.18 Å². The van der Waals surface area contributed by atoms with Gasteiger partial charge in [0, 0.05) is 25.7 Å². The third-order valence-electron chi connectivity index (χ3n) is 7.02. The lowest BCUT2D eigenvalue weighted by Crippen LogP contribution is -2.56. The van der Waals surface area contributed by atoms with Crippen molar-refractivity contribution < 1.29 is 35.5 Å². The summed E-state index contributed by atoms with van der Waals surface area (Å²) in [4.78, 5) is 12.2. The Balaban J connectivity index is 1.35. The fourth-order valence-corrected chi connectivity index (χ4v) is 5.61. The third-order valence-corrected chi connectivity index (χ3v) is 8.01. The molecule has 2 atom stereocenters. The molecule has 1 aromatic carbocycles. The number of halogens is 5. The summed E-state index contributed by atoms with van der Waals surface area (Å²) >= 11 is 6.34. The van der Waals surface area contributed by atoms with Crippen molar-refractivity contribution in [3.05, 3.63) is 29.1 Å². The van der Waals surface area contributed by atoms with Crippen LogP contribution in [0.5, 0.6) is 5.75 Å². The Kier molecular flexibility index (Phi) is 8.09. The number of alkyl halides is 4. The molecule has 2 unspecified atom stereocenters. The average molecular weight is 556 g/mol. The van der Waals surface area contributed by atoms with Gasteiger partial charge in [0.25, 0.3) is 5.91 Å². The predicted octanol–water partition coefficient (Wildman–Crippen LogP) is 4.24.